The molecule has 0 fully saturated rings. The van der Waals surface area contributed by atoms with Gasteiger partial charge in [-0.25, -0.2) is 4.98 Å². The third-order valence-electron chi connectivity index (χ3n) is 2.64. The van der Waals surface area contributed by atoms with Gasteiger partial charge in [-0.15, -0.1) is 0 Å². The Bertz CT molecular complexity index is 604. The predicted octanol–water partition coefficient (Wildman–Crippen LogP) is 2.95. The monoisotopic (exact) mass is 352 g/mol. The van der Waals surface area contributed by atoms with E-state index in [2.05, 4.69) is 20.9 Å². The van der Waals surface area contributed by atoms with Crippen molar-refractivity contribution in [2.75, 3.05) is 0 Å². The molecule has 0 aliphatic rings. The molecule has 0 saturated carbocycles. The molecule has 1 aromatic heterocycles. The van der Waals surface area contributed by atoms with Crippen LogP contribution in [0.4, 0.5) is 0 Å². The number of carboxylic acid groups (broad SMARTS) is 1. The summed E-state index contributed by atoms with van der Waals surface area (Å²) in [5.41, 5.74) is 6.43. The average molecular weight is 353 g/mol. The van der Waals surface area contributed by atoms with Crippen molar-refractivity contribution in [1.82, 2.24) is 4.98 Å². The number of hydrogen-bond acceptors (Lipinski definition) is 4. The number of benzene rings is 1. The Hall–Kier alpha value is -1.37. The van der Waals surface area contributed by atoms with Gasteiger partial charge in [0.15, 0.2) is 0 Å². The Labute approximate surface area is 129 Å². The van der Waals surface area contributed by atoms with E-state index in [1.54, 1.807) is 12.3 Å². The fourth-order valence-corrected chi connectivity index (χ4v) is 2.77. The lowest BCUT2D eigenvalue weighted by molar-refractivity contribution is -0.138. The highest BCUT2D eigenvalue weighted by molar-refractivity contribution is 9.10. The van der Waals surface area contributed by atoms with E-state index >= 15 is 0 Å². The number of nitrogens with zero attached hydrogens (tertiary/aromatic N) is 1. The first-order valence-corrected chi connectivity index (χ1v) is 7.53. The quantitative estimate of drug-likeness (QED) is 0.864. The van der Waals surface area contributed by atoms with Crippen molar-refractivity contribution in [2.24, 2.45) is 5.73 Å². The lowest BCUT2D eigenvalue weighted by Gasteiger charge is -2.10. The van der Waals surface area contributed by atoms with E-state index in [0.29, 0.717) is 0 Å². The van der Waals surface area contributed by atoms with Crippen LogP contribution in [0.5, 0.6) is 0 Å². The van der Waals surface area contributed by atoms with Crippen LogP contribution in [0.2, 0.25) is 0 Å². The van der Waals surface area contributed by atoms with Crippen molar-refractivity contribution in [3.8, 4) is 0 Å². The molecule has 2 aromatic rings. The van der Waals surface area contributed by atoms with Gasteiger partial charge in [0.2, 0.25) is 0 Å². The summed E-state index contributed by atoms with van der Waals surface area (Å²) in [6, 6.07) is 10.6. The molecule has 0 aliphatic carbocycles. The Morgan fingerprint density at radius 1 is 1.35 bits per heavy atom. The van der Waals surface area contributed by atoms with Crippen LogP contribution in [0.1, 0.15) is 5.56 Å². The van der Waals surface area contributed by atoms with Gasteiger partial charge in [0.1, 0.15) is 11.1 Å². The van der Waals surface area contributed by atoms with Crippen molar-refractivity contribution in [2.45, 2.75) is 22.4 Å². The summed E-state index contributed by atoms with van der Waals surface area (Å²) >= 11 is 4.88. The minimum absolute atomic E-state index is 0.266. The molecule has 1 aromatic carbocycles. The summed E-state index contributed by atoms with van der Waals surface area (Å²) < 4.78 is 1.01. The Morgan fingerprint density at radius 3 is 2.70 bits per heavy atom. The molecule has 6 heteroatoms. The number of aromatic nitrogens is 1. The van der Waals surface area contributed by atoms with Gasteiger partial charge < -0.3 is 10.8 Å². The Morgan fingerprint density at radius 2 is 2.05 bits per heavy atom. The van der Waals surface area contributed by atoms with E-state index in [1.165, 1.54) is 11.8 Å². The maximum Gasteiger partial charge on any atom is 0.320 e. The summed E-state index contributed by atoms with van der Waals surface area (Å²) in [5, 5.41) is 9.68. The highest BCUT2D eigenvalue weighted by Gasteiger charge is 2.15. The second kappa shape index (κ2) is 6.88. The molecule has 2 rings (SSSR count). The van der Waals surface area contributed by atoms with Crippen LogP contribution in [-0.2, 0) is 11.2 Å². The SMILES string of the molecule is NC(Cc1cccnc1Sc1ccc(Br)cc1)C(=O)O. The predicted molar refractivity (Wildman–Crippen MR) is 81.8 cm³/mol. The highest BCUT2D eigenvalue weighted by Crippen LogP contribution is 2.29. The van der Waals surface area contributed by atoms with Crippen LogP contribution >= 0.6 is 27.7 Å². The molecule has 0 aliphatic heterocycles. The van der Waals surface area contributed by atoms with Gasteiger partial charge in [-0.2, -0.15) is 0 Å². The van der Waals surface area contributed by atoms with Crippen molar-refractivity contribution in [3.05, 3.63) is 52.6 Å². The van der Waals surface area contributed by atoms with Gasteiger partial charge in [-0.3, -0.25) is 4.79 Å². The molecule has 0 spiro atoms. The first-order chi connectivity index (χ1) is 9.56. The molecule has 1 unspecified atom stereocenters. The summed E-state index contributed by atoms with van der Waals surface area (Å²) in [7, 11) is 0. The lowest BCUT2D eigenvalue weighted by atomic mass is 10.1. The van der Waals surface area contributed by atoms with Gasteiger partial charge in [0.25, 0.3) is 0 Å². The number of rotatable bonds is 5. The molecular formula is C14H13BrN2O2S. The number of carboxylic acids is 1. The fourth-order valence-electron chi connectivity index (χ4n) is 1.61. The summed E-state index contributed by atoms with van der Waals surface area (Å²) in [5.74, 6) is -1.01. The molecule has 3 N–H and O–H groups in total. The molecule has 4 nitrogen and oxygen atoms in total. The van der Waals surface area contributed by atoms with E-state index in [-0.39, 0.29) is 6.42 Å². The second-order valence-corrected chi connectivity index (χ2v) is 6.15. The average Bonchev–Trinajstić information content (AvgIpc) is 2.43. The van der Waals surface area contributed by atoms with Gasteiger partial charge in [0.05, 0.1) is 0 Å². The lowest BCUT2D eigenvalue weighted by Crippen LogP contribution is -2.32. The van der Waals surface area contributed by atoms with E-state index < -0.39 is 12.0 Å². The van der Waals surface area contributed by atoms with Gasteiger partial charge >= 0.3 is 5.97 Å². The third-order valence-corrected chi connectivity index (χ3v) is 4.23. The molecule has 104 valence electrons. The van der Waals surface area contributed by atoms with Crippen LogP contribution in [0.15, 0.2) is 57.0 Å². The first-order valence-electron chi connectivity index (χ1n) is 5.92. The number of nitrogens with two attached hydrogens (primary N) is 1. The Kier molecular flexibility index (Phi) is 5.17. The number of pyridine rings is 1. The van der Waals surface area contributed by atoms with Gasteiger partial charge in [-0.1, -0.05) is 33.8 Å². The smallest absolute Gasteiger partial charge is 0.320 e. The van der Waals surface area contributed by atoms with Crippen LogP contribution in [0.3, 0.4) is 0 Å². The molecule has 1 heterocycles. The summed E-state index contributed by atoms with van der Waals surface area (Å²) in [4.78, 5) is 16.2. The summed E-state index contributed by atoms with van der Waals surface area (Å²) in [6.45, 7) is 0. The van der Waals surface area contributed by atoms with Gasteiger partial charge in [0, 0.05) is 22.0 Å². The zero-order chi connectivity index (χ0) is 14.5. The number of hydrogen-bond donors (Lipinski definition) is 2. The number of aliphatic carboxylic acids is 1. The first kappa shape index (κ1) is 15.0. The van der Waals surface area contributed by atoms with E-state index in [1.807, 2.05) is 30.3 Å². The largest absolute Gasteiger partial charge is 0.480 e. The number of carbonyl (C=O) groups is 1. The fraction of sp³-hybridized carbons (Fsp3) is 0.143. The number of halogens is 1. The van der Waals surface area contributed by atoms with Crippen LogP contribution in [0.25, 0.3) is 0 Å². The van der Waals surface area contributed by atoms with Crippen molar-refractivity contribution in [3.63, 3.8) is 0 Å². The third kappa shape index (κ3) is 4.06. The maximum absolute atomic E-state index is 10.9. The maximum atomic E-state index is 10.9. The van der Waals surface area contributed by atoms with Crippen LogP contribution < -0.4 is 5.73 Å². The normalized spacial score (nSPS) is 12.1. The van der Waals surface area contributed by atoms with Crippen molar-refractivity contribution in [1.29, 1.82) is 0 Å². The minimum Gasteiger partial charge on any atom is -0.480 e. The van der Waals surface area contributed by atoms with E-state index in [0.717, 1.165) is 20.0 Å². The zero-order valence-electron chi connectivity index (χ0n) is 10.5. The molecule has 0 saturated heterocycles. The summed E-state index contributed by atoms with van der Waals surface area (Å²) in [6.07, 6.45) is 1.96. The minimum atomic E-state index is -1.01. The zero-order valence-corrected chi connectivity index (χ0v) is 12.9. The topological polar surface area (TPSA) is 76.2 Å². The van der Waals surface area contributed by atoms with Crippen molar-refractivity contribution < 1.29 is 9.90 Å². The molecule has 0 bridgehead atoms. The van der Waals surface area contributed by atoms with Crippen LogP contribution in [0, 0.1) is 0 Å². The highest BCUT2D eigenvalue weighted by atomic mass is 79.9. The van der Waals surface area contributed by atoms with Crippen molar-refractivity contribution >= 4 is 33.7 Å². The molecule has 20 heavy (non-hydrogen) atoms. The standard InChI is InChI=1S/C14H13BrN2O2S/c15-10-3-5-11(6-4-10)20-13-9(2-1-7-17-13)8-12(16)14(18)19/h1-7,12H,8,16H2,(H,18,19). The molecular weight excluding hydrogens is 340 g/mol. The van der Waals surface area contributed by atoms with E-state index in [9.17, 15) is 4.79 Å². The van der Waals surface area contributed by atoms with E-state index in [4.69, 9.17) is 10.8 Å². The molecule has 1 atom stereocenters. The van der Waals surface area contributed by atoms with Crippen LogP contribution in [-0.4, -0.2) is 22.1 Å². The molecule has 0 amide bonds. The van der Waals surface area contributed by atoms with Gasteiger partial charge in [-0.05, 0) is 35.9 Å². The Balaban J connectivity index is 2.19. The molecule has 0 radical (unpaired) electrons. The second-order valence-electron chi connectivity index (χ2n) is 4.17.